The van der Waals surface area contributed by atoms with Gasteiger partial charge in [-0.3, -0.25) is 14.2 Å². The number of thiophene rings is 1. The zero-order chi connectivity index (χ0) is 21.1. The van der Waals surface area contributed by atoms with E-state index < -0.39 is 5.97 Å². The molecule has 9 heteroatoms. The third-order valence-electron chi connectivity index (χ3n) is 4.59. The van der Waals surface area contributed by atoms with E-state index >= 15 is 0 Å². The molecule has 0 aliphatic heterocycles. The van der Waals surface area contributed by atoms with Crippen LogP contribution in [0.4, 0.5) is 0 Å². The number of hydrogen-bond acceptors (Lipinski definition) is 6. The van der Waals surface area contributed by atoms with Crippen LogP contribution in [0.15, 0.2) is 29.1 Å². The molecule has 0 saturated carbocycles. The minimum absolute atomic E-state index is 0.106. The molecule has 0 saturated heterocycles. The van der Waals surface area contributed by atoms with Crippen LogP contribution in [-0.2, 0) is 22.5 Å². The van der Waals surface area contributed by atoms with Crippen LogP contribution in [0, 0.1) is 6.92 Å². The number of ether oxygens (including phenoxy) is 1. The molecule has 152 valence electrons. The summed E-state index contributed by atoms with van der Waals surface area (Å²) in [5, 5.41) is 10.3. The van der Waals surface area contributed by atoms with Crippen LogP contribution in [0.25, 0.3) is 10.2 Å². The van der Waals surface area contributed by atoms with Crippen molar-refractivity contribution in [2.24, 2.45) is 0 Å². The van der Waals surface area contributed by atoms with E-state index in [2.05, 4.69) is 9.72 Å². The Morgan fingerprint density at radius 3 is 2.59 bits per heavy atom. The summed E-state index contributed by atoms with van der Waals surface area (Å²) in [4.78, 5) is 41.2. The Bertz CT molecular complexity index is 1130. The second-order valence-corrected chi connectivity index (χ2v) is 7.94. The number of aromatic carboxylic acids is 1. The Hall–Kier alpha value is -2.71. The molecule has 0 aliphatic carbocycles. The van der Waals surface area contributed by atoms with Crippen molar-refractivity contribution in [1.82, 2.24) is 9.55 Å². The molecule has 0 aliphatic rings. The summed E-state index contributed by atoms with van der Waals surface area (Å²) in [7, 11) is 1.32. The van der Waals surface area contributed by atoms with Crippen molar-refractivity contribution in [3.8, 4) is 0 Å². The van der Waals surface area contributed by atoms with E-state index in [1.807, 2.05) is 12.1 Å². The van der Waals surface area contributed by atoms with Crippen molar-refractivity contribution in [2.75, 3.05) is 7.11 Å². The van der Waals surface area contributed by atoms with Crippen LogP contribution >= 0.6 is 22.9 Å². The number of esters is 1. The molecule has 29 heavy (non-hydrogen) atoms. The molecule has 0 amide bonds. The molecule has 3 aromatic rings. The summed E-state index contributed by atoms with van der Waals surface area (Å²) >= 11 is 6.94. The molecule has 0 radical (unpaired) electrons. The largest absolute Gasteiger partial charge is 0.477 e. The summed E-state index contributed by atoms with van der Waals surface area (Å²) in [5.74, 6) is -0.930. The lowest BCUT2D eigenvalue weighted by atomic mass is 10.1. The van der Waals surface area contributed by atoms with Gasteiger partial charge in [0.2, 0.25) is 0 Å². The van der Waals surface area contributed by atoms with Gasteiger partial charge in [0.05, 0.1) is 12.5 Å². The van der Waals surface area contributed by atoms with Gasteiger partial charge >= 0.3 is 11.9 Å². The topological polar surface area (TPSA) is 98.5 Å². The van der Waals surface area contributed by atoms with Crippen molar-refractivity contribution in [1.29, 1.82) is 0 Å². The van der Waals surface area contributed by atoms with E-state index in [1.165, 1.54) is 11.7 Å². The Labute approximate surface area is 175 Å². The van der Waals surface area contributed by atoms with E-state index in [0.29, 0.717) is 39.5 Å². The summed E-state index contributed by atoms with van der Waals surface area (Å²) < 4.78 is 6.18. The summed E-state index contributed by atoms with van der Waals surface area (Å²) in [6.07, 6.45) is 0.951. The minimum atomic E-state index is -1.08. The molecule has 0 fully saturated rings. The molecule has 7 nitrogen and oxygen atoms in total. The Morgan fingerprint density at radius 1 is 1.28 bits per heavy atom. The molecular formula is C20H19ClN2O5S. The molecule has 1 N–H and O–H groups in total. The number of methoxy groups -OCH3 is 1. The van der Waals surface area contributed by atoms with Crippen LogP contribution in [0.2, 0.25) is 5.02 Å². The smallest absolute Gasteiger partial charge is 0.346 e. The molecule has 2 heterocycles. The fraction of sp³-hybridized carbons (Fsp3) is 0.300. The number of carbonyl (C=O) groups is 2. The van der Waals surface area contributed by atoms with Crippen molar-refractivity contribution in [2.45, 2.75) is 32.7 Å². The number of aromatic nitrogens is 2. The highest BCUT2D eigenvalue weighted by Gasteiger charge is 2.21. The lowest BCUT2D eigenvalue weighted by Crippen LogP contribution is -2.26. The summed E-state index contributed by atoms with van der Waals surface area (Å²) in [5.41, 5.74) is 1.02. The Morgan fingerprint density at radius 2 is 1.97 bits per heavy atom. The number of carbonyl (C=O) groups excluding carboxylic acids is 1. The van der Waals surface area contributed by atoms with Gasteiger partial charge in [-0.2, -0.15) is 0 Å². The third kappa shape index (κ3) is 4.49. The molecular weight excluding hydrogens is 416 g/mol. The maximum atomic E-state index is 13.2. The molecule has 2 aromatic heterocycles. The van der Waals surface area contributed by atoms with Gasteiger partial charge in [0.25, 0.3) is 5.56 Å². The van der Waals surface area contributed by atoms with Crippen LogP contribution < -0.4 is 5.56 Å². The van der Waals surface area contributed by atoms with Gasteiger partial charge in [0.15, 0.2) is 0 Å². The van der Waals surface area contributed by atoms with E-state index in [4.69, 9.17) is 11.6 Å². The molecule has 3 rings (SSSR count). The first-order chi connectivity index (χ1) is 13.8. The number of benzene rings is 1. The first kappa shape index (κ1) is 21.0. The van der Waals surface area contributed by atoms with E-state index in [-0.39, 0.29) is 29.4 Å². The van der Waals surface area contributed by atoms with E-state index in [9.17, 15) is 19.5 Å². The van der Waals surface area contributed by atoms with Crippen molar-refractivity contribution in [3.05, 3.63) is 61.5 Å². The lowest BCUT2D eigenvalue weighted by Gasteiger charge is -2.13. The van der Waals surface area contributed by atoms with Gasteiger partial charge in [0.1, 0.15) is 15.5 Å². The molecule has 0 spiro atoms. The summed E-state index contributed by atoms with van der Waals surface area (Å²) in [6, 6.07) is 7.21. The normalized spacial score (nSPS) is 11.0. The highest BCUT2D eigenvalue weighted by atomic mass is 35.5. The van der Waals surface area contributed by atoms with Crippen molar-refractivity contribution in [3.63, 3.8) is 0 Å². The average Bonchev–Trinajstić information content (AvgIpc) is 3.02. The summed E-state index contributed by atoms with van der Waals surface area (Å²) in [6.45, 7) is 1.89. The van der Waals surface area contributed by atoms with Crippen LogP contribution in [-0.4, -0.2) is 33.7 Å². The minimum Gasteiger partial charge on any atom is -0.477 e. The standard InChI is InChI=1S/C20H19ClN2O5S/c1-11-16-18(29-17(11)20(26)27)22-14(10-12-5-7-13(21)8-6-12)23(19(16)25)9-3-4-15(24)28-2/h5-8H,3-4,9-10H2,1-2H3,(H,26,27). The average molecular weight is 435 g/mol. The van der Waals surface area contributed by atoms with E-state index in [0.717, 1.165) is 16.9 Å². The zero-order valence-corrected chi connectivity index (χ0v) is 17.5. The SMILES string of the molecule is COC(=O)CCCn1c(Cc2ccc(Cl)cc2)nc2sc(C(=O)O)c(C)c2c1=O. The van der Waals surface area contributed by atoms with Crippen LogP contribution in [0.1, 0.15) is 39.5 Å². The number of nitrogens with zero attached hydrogens (tertiary/aromatic N) is 2. The van der Waals surface area contributed by atoms with Crippen LogP contribution in [0.5, 0.6) is 0 Å². The number of carboxylic acid groups (broad SMARTS) is 1. The van der Waals surface area contributed by atoms with Crippen LogP contribution in [0.3, 0.4) is 0 Å². The predicted octanol–water partition coefficient (Wildman–Crippen LogP) is 3.66. The van der Waals surface area contributed by atoms with E-state index in [1.54, 1.807) is 19.1 Å². The predicted molar refractivity (Wildman–Crippen MR) is 111 cm³/mol. The van der Waals surface area contributed by atoms with Gasteiger partial charge in [-0.25, -0.2) is 9.78 Å². The number of halogens is 1. The van der Waals surface area contributed by atoms with Gasteiger partial charge < -0.3 is 9.84 Å². The molecule has 0 bridgehead atoms. The van der Waals surface area contributed by atoms with Gasteiger partial charge in [-0.1, -0.05) is 23.7 Å². The maximum Gasteiger partial charge on any atom is 0.346 e. The van der Waals surface area contributed by atoms with Gasteiger partial charge in [-0.15, -0.1) is 11.3 Å². The lowest BCUT2D eigenvalue weighted by molar-refractivity contribution is -0.140. The molecule has 0 atom stereocenters. The molecule has 1 aromatic carbocycles. The second kappa shape index (κ2) is 8.75. The zero-order valence-electron chi connectivity index (χ0n) is 15.9. The second-order valence-electron chi connectivity index (χ2n) is 6.51. The third-order valence-corrected chi connectivity index (χ3v) is 6.02. The van der Waals surface area contributed by atoms with Gasteiger partial charge in [-0.05, 0) is 36.6 Å². The number of fused-ring (bicyclic) bond motifs is 1. The first-order valence-electron chi connectivity index (χ1n) is 8.89. The number of hydrogen-bond donors (Lipinski definition) is 1. The first-order valence-corrected chi connectivity index (χ1v) is 10.1. The number of carboxylic acids is 1. The number of rotatable bonds is 7. The highest BCUT2D eigenvalue weighted by molar-refractivity contribution is 7.20. The Kier molecular flexibility index (Phi) is 6.34. The number of aryl methyl sites for hydroxylation is 1. The van der Waals surface area contributed by atoms with Crippen molar-refractivity contribution >= 4 is 45.1 Å². The maximum absolute atomic E-state index is 13.2. The van der Waals surface area contributed by atoms with Gasteiger partial charge in [0, 0.05) is 24.4 Å². The van der Waals surface area contributed by atoms with Crippen molar-refractivity contribution < 1.29 is 19.4 Å². The fourth-order valence-corrected chi connectivity index (χ4v) is 4.25. The molecule has 0 unspecified atom stereocenters. The highest BCUT2D eigenvalue weighted by Crippen LogP contribution is 2.28. The monoisotopic (exact) mass is 434 g/mol. The fourth-order valence-electron chi connectivity index (χ4n) is 3.10. The quantitative estimate of drug-likeness (QED) is 0.570. The Balaban J connectivity index is 2.08.